The minimum Gasteiger partial charge on any atom is -0.122 e. The summed E-state index contributed by atoms with van der Waals surface area (Å²) in [5, 5.41) is 0. The van der Waals surface area contributed by atoms with Crippen molar-refractivity contribution in [2.45, 2.75) is 13.3 Å². The highest BCUT2D eigenvalue weighted by Gasteiger charge is 2.07. The van der Waals surface area contributed by atoms with Crippen LogP contribution in [0.25, 0.3) is 0 Å². The first kappa shape index (κ1) is 4.59. The molecule has 0 nitrogen and oxygen atoms in total. The summed E-state index contributed by atoms with van der Waals surface area (Å²) in [6, 6.07) is 0. The van der Waals surface area contributed by atoms with Gasteiger partial charge in [0.05, 0.1) is 0 Å². The zero-order chi connectivity index (χ0) is 4.41. The Morgan fingerprint density at radius 3 is 2.67 bits per heavy atom. The molecule has 1 heteroatoms. The van der Waals surface area contributed by atoms with E-state index in [1.54, 1.807) is 0 Å². The quantitative estimate of drug-likeness (QED) is 0.408. The molecule has 1 heterocycles. The van der Waals surface area contributed by atoms with Gasteiger partial charge in [-0.1, -0.05) is 6.92 Å². The van der Waals surface area contributed by atoms with Crippen LogP contribution >= 0.6 is 8.58 Å². The summed E-state index contributed by atoms with van der Waals surface area (Å²) in [4.78, 5) is 0. The van der Waals surface area contributed by atoms with Gasteiger partial charge in [0.25, 0.3) is 0 Å². The molecule has 0 N–H and O–H groups in total. The predicted octanol–water partition coefficient (Wildman–Crippen LogP) is 1.70. The van der Waals surface area contributed by atoms with Crippen LogP contribution in [0, 0.1) is 5.92 Å². The highest BCUT2D eigenvalue weighted by molar-refractivity contribution is 7.38. The molecule has 0 amide bonds. The van der Waals surface area contributed by atoms with Gasteiger partial charge >= 0.3 is 0 Å². The van der Waals surface area contributed by atoms with Gasteiger partial charge in [0.15, 0.2) is 0 Å². The maximum atomic E-state index is 2.35. The van der Waals surface area contributed by atoms with Crippen molar-refractivity contribution >= 4 is 8.58 Å². The van der Waals surface area contributed by atoms with Crippen LogP contribution in [0.3, 0.4) is 0 Å². The van der Waals surface area contributed by atoms with Crippen molar-refractivity contribution in [1.82, 2.24) is 0 Å². The lowest BCUT2D eigenvalue weighted by Gasteiger charge is -1.90. The summed E-state index contributed by atoms with van der Waals surface area (Å²) < 4.78 is 0. The Labute approximate surface area is 41.1 Å². The molecular weight excluding hydrogens is 91.0 g/mol. The second-order valence-electron chi connectivity index (χ2n) is 2.10. The Morgan fingerprint density at radius 1 is 1.67 bits per heavy atom. The topological polar surface area (TPSA) is 0 Å². The third-order valence-electron chi connectivity index (χ3n) is 1.31. The molecular formula is C5H11P. The minimum absolute atomic E-state index is 1.06. The first-order chi connectivity index (χ1) is 2.89. The molecule has 0 saturated carbocycles. The Bertz CT molecular complexity index is 37.2. The molecule has 2 atom stereocenters. The second kappa shape index (κ2) is 1.93. The van der Waals surface area contributed by atoms with E-state index in [2.05, 4.69) is 6.92 Å². The molecule has 0 spiro atoms. The van der Waals surface area contributed by atoms with Crippen LogP contribution in [0.1, 0.15) is 13.3 Å². The lowest BCUT2D eigenvalue weighted by Crippen LogP contribution is -1.85. The summed E-state index contributed by atoms with van der Waals surface area (Å²) in [6.45, 7) is 2.35. The SMILES string of the molecule is C[C@@H]1CCPC1. The van der Waals surface area contributed by atoms with Crippen molar-refractivity contribution in [1.29, 1.82) is 0 Å². The average molecular weight is 102 g/mol. The molecule has 1 fully saturated rings. The monoisotopic (exact) mass is 102 g/mol. The van der Waals surface area contributed by atoms with Gasteiger partial charge in [0, 0.05) is 0 Å². The first-order valence-electron chi connectivity index (χ1n) is 2.60. The van der Waals surface area contributed by atoms with Crippen LogP contribution in [0.2, 0.25) is 0 Å². The van der Waals surface area contributed by atoms with Crippen molar-refractivity contribution in [2.24, 2.45) is 5.92 Å². The summed E-state index contributed by atoms with van der Waals surface area (Å²) in [7, 11) is 1.29. The Hall–Kier alpha value is 0.430. The van der Waals surface area contributed by atoms with Crippen LogP contribution in [-0.2, 0) is 0 Å². The van der Waals surface area contributed by atoms with Crippen molar-refractivity contribution in [3.63, 3.8) is 0 Å². The number of hydrogen-bond donors (Lipinski definition) is 0. The highest BCUT2D eigenvalue weighted by atomic mass is 31.1. The van der Waals surface area contributed by atoms with Gasteiger partial charge in [-0.25, -0.2) is 0 Å². The molecule has 1 unspecified atom stereocenters. The summed E-state index contributed by atoms with van der Waals surface area (Å²) in [5.41, 5.74) is 0. The zero-order valence-electron chi connectivity index (χ0n) is 4.20. The maximum absolute atomic E-state index is 2.35. The van der Waals surface area contributed by atoms with Gasteiger partial charge in [-0.15, -0.1) is 8.58 Å². The second-order valence-corrected chi connectivity index (χ2v) is 3.51. The van der Waals surface area contributed by atoms with Crippen LogP contribution in [0.4, 0.5) is 0 Å². The Balaban J connectivity index is 2.18. The molecule has 0 radical (unpaired) electrons. The number of hydrogen-bond acceptors (Lipinski definition) is 0. The fourth-order valence-electron chi connectivity index (χ4n) is 0.799. The van der Waals surface area contributed by atoms with E-state index in [9.17, 15) is 0 Å². The fraction of sp³-hybridized carbons (Fsp3) is 1.00. The van der Waals surface area contributed by atoms with E-state index >= 15 is 0 Å². The van der Waals surface area contributed by atoms with E-state index < -0.39 is 0 Å². The van der Waals surface area contributed by atoms with Crippen molar-refractivity contribution < 1.29 is 0 Å². The molecule has 6 heavy (non-hydrogen) atoms. The van der Waals surface area contributed by atoms with E-state index in [0.717, 1.165) is 5.92 Å². The number of rotatable bonds is 0. The largest absolute Gasteiger partial charge is 0.122 e. The molecule has 0 aromatic heterocycles. The summed E-state index contributed by atoms with van der Waals surface area (Å²) in [6.07, 6.45) is 4.53. The molecule has 0 bridgehead atoms. The molecule has 0 aliphatic carbocycles. The molecule has 36 valence electrons. The van der Waals surface area contributed by atoms with E-state index in [-0.39, 0.29) is 0 Å². The lowest BCUT2D eigenvalue weighted by molar-refractivity contribution is 0.669. The van der Waals surface area contributed by atoms with Gasteiger partial charge < -0.3 is 0 Å². The van der Waals surface area contributed by atoms with Gasteiger partial charge in [-0.3, -0.25) is 0 Å². The lowest BCUT2D eigenvalue weighted by atomic mass is 10.2. The van der Waals surface area contributed by atoms with Crippen LogP contribution in [-0.4, -0.2) is 12.3 Å². The van der Waals surface area contributed by atoms with Gasteiger partial charge in [0.1, 0.15) is 0 Å². The standard InChI is InChI=1S/C5H11P/c1-5-2-3-6-4-5/h5-6H,2-4H2,1H3/t5-/m1/s1. The predicted molar refractivity (Wildman–Crippen MR) is 31.8 cm³/mol. The van der Waals surface area contributed by atoms with Gasteiger partial charge in [-0.05, 0) is 24.7 Å². The van der Waals surface area contributed by atoms with E-state index in [1.807, 2.05) is 0 Å². The molecule has 0 aromatic rings. The van der Waals surface area contributed by atoms with Gasteiger partial charge in [0.2, 0.25) is 0 Å². The van der Waals surface area contributed by atoms with Crippen molar-refractivity contribution in [3.8, 4) is 0 Å². The molecule has 1 aliphatic rings. The van der Waals surface area contributed by atoms with E-state index in [1.165, 1.54) is 27.3 Å². The maximum Gasteiger partial charge on any atom is -0.0327 e. The molecule has 1 rings (SSSR count). The molecule has 1 aliphatic heterocycles. The Kier molecular flexibility index (Phi) is 1.48. The van der Waals surface area contributed by atoms with Crippen molar-refractivity contribution in [2.75, 3.05) is 12.3 Å². The summed E-state index contributed by atoms with van der Waals surface area (Å²) >= 11 is 0. The third-order valence-corrected chi connectivity index (χ3v) is 2.93. The first-order valence-corrected chi connectivity index (χ1v) is 4.02. The minimum atomic E-state index is 1.06. The molecule has 0 aromatic carbocycles. The normalized spacial score (nSPS) is 38.5. The molecule has 1 saturated heterocycles. The highest BCUT2D eigenvalue weighted by Crippen LogP contribution is 2.27. The van der Waals surface area contributed by atoms with Crippen LogP contribution < -0.4 is 0 Å². The Morgan fingerprint density at radius 2 is 2.50 bits per heavy atom. The average Bonchev–Trinajstić information content (AvgIpc) is 1.86. The zero-order valence-corrected chi connectivity index (χ0v) is 5.20. The van der Waals surface area contributed by atoms with E-state index in [0.29, 0.717) is 0 Å². The van der Waals surface area contributed by atoms with Crippen LogP contribution in [0.15, 0.2) is 0 Å². The van der Waals surface area contributed by atoms with Gasteiger partial charge in [-0.2, -0.15) is 0 Å². The van der Waals surface area contributed by atoms with Crippen LogP contribution in [0.5, 0.6) is 0 Å². The fourth-order valence-corrected chi connectivity index (χ4v) is 2.40. The van der Waals surface area contributed by atoms with E-state index in [4.69, 9.17) is 0 Å². The smallest absolute Gasteiger partial charge is 0.0327 e. The third kappa shape index (κ3) is 0.944. The summed E-state index contributed by atoms with van der Waals surface area (Å²) in [5.74, 6) is 1.06. The van der Waals surface area contributed by atoms with Crippen molar-refractivity contribution in [3.05, 3.63) is 0 Å².